The van der Waals surface area contributed by atoms with Crippen LogP contribution in [0.1, 0.15) is 18.3 Å². The molecule has 0 radical (unpaired) electrons. The summed E-state index contributed by atoms with van der Waals surface area (Å²) < 4.78 is 46.5. The van der Waals surface area contributed by atoms with Crippen LogP contribution < -0.4 is 10.5 Å². The highest BCUT2D eigenvalue weighted by atomic mass is 19.4. The number of rotatable bonds is 4. The number of aryl methyl sites for hydroxylation is 1. The third-order valence-electron chi connectivity index (χ3n) is 3.54. The monoisotopic (exact) mass is 363 g/mol. The van der Waals surface area contributed by atoms with Crippen molar-refractivity contribution in [2.75, 3.05) is 12.3 Å². The van der Waals surface area contributed by atoms with Crippen LogP contribution in [-0.2, 0) is 6.18 Å². The van der Waals surface area contributed by atoms with Gasteiger partial charge in [-0.15, -0.1) is 0 Å². The average molecular weight is 363 g/mol. The van der Waals surface area contributed by atoms with Gasteiger partial charge in [0.15, 0.2) is 11.5 Å². The number of benzene rings is 1. The molecule has 0 spiro atoms. The van der Waals surface area contributed by atoms with E-state index in [1.54, 1.807) is 31.2 Å². The molecule has 26 heavy (non-hydrogen) atoms. The molecule has 0 fully saturated rings. The van der Waals surface area contributed by atoms with Crippen LogP contribution in [0.15, 0.2) is 36.4 Å². The second kappa shape index (κ2) is 6.66. The molecular weight excluding hydrogens is 347 g/mol. The van der Waals surface area contributed by atoms with Crippen LogP contribution >= 0.6 is 0 Å². The van der Waals surface area contributed by atoms with Crippen molar-refractivity contribution in [1.82, 2.24) is 19.7 Å². The number of halogens is 3. The zero-order valence-electron chi connectivity index (χ0n) is 14.1. The Morgan fingerprint density at radius 2 is 1.81 bits per heavy atom. The van der Waals surface area contributed by atoms with Crippen LogP contribution in [0.4, 0.5) is 19.1 Å². The van der Waals surface area contributed by atoms with Crippen LogP contribution in [-0.4, -0.2) is 26.4 Å². The van der Waals surface area contributed by atoms with Gasteiger partial charge >= 0.3 is 6.18 Å². The highest BCUT2D eigenvalue weighted by Gasteiger charge is 2.37. The van der Waals surface area contributed by atoms with E-state index in [4.69, 9.17) is 10.5 Å². The number of hydrogen-bond donors (Lipinski definition) is 1. The van der Waals surface area contributed by atoms with E-state index in [0.29, 0.717) is 23.6 Å². The van der Waals surface area contributed by atoms with Crippen molar-refractivity contribution in [1.29, 1.82) is 0 Å². The molecule has 3 rings (SSSR count). The van der Waals surface area contributed by atoms with E-state index < -0.39 is 11.9 Å². The van der Waals surface area contributed by atoms with Crippen LogP contribution in [0, 0.1) is 6.92 Å². The number of hydrogen-bond acceptors (Lipinski definition) is 5. The van der Waals surface area contributed by atoms with E-state index >= 15 is 0 Å². The molecule has 6 nitrogen and oxygen atoms in total. The van der Waals surface area contributed by atoms with Gasteiger partial charge in [0.2, 0.25) is 5.95 Å². The Bertz CT molecular complexity index is 899. The summed E-state index contributed by atoms with van der Waals surface area (Å²) in [7, 11) is 0. The Hall–Kier alpha value is -3.10. The Labute approximate surface area is 147 Å². The summed E-state index contributed by atoms with van der Waals surface area (Å²) in [6, 6.07) is 9.02. The van der Waals surface area contributed by atoms with Gasteiger partial charge in [-0.25, -0.2) is 9.67 Å². The van der Waals surface area contributed by atoms with Crippen LogP contribution in [0.3, 0.4) is 0 Å². The summed E-state index contributed by atoms with van der Waals surface area (Å²) in [4.78, 5) is 7.75. The van der Waals surface area contributed by atoms with Gasteiger partial charge < -0.3 is 10.5 Å². The third-order valence-corrected chi connectivity index (χ3v) is 3.54. The Morgan fingerprint density at radius 3 is 2.38 bits per heavy atom. The summed E-state index contributed by atoms with van der Waals surface area (Å²) in [6.07, 6.45) is -4.61. The summed E-state index contributed by atoms with van der Waals surface area (Å²) in [5.41, 5.74) is 5.74. The van der Waals surface area contributed by atoms with Crippen molar-refractivity contribution >= 4 is 5.95 Å². The van der Waals surface area contributed by atoms with Gasteiger partial charge in [0.05, 0.1) is 12.3 Å². The lowest BCUT2D eigenvalue weighted by molar-refractivity contribution is -0.142. The van der Waals surface area contributed by atoms with E-state index in [2.05, 4.69) is 15.1 Å². The SMILES string of the molecule is CCOc1ccc(-c2cc(C(F)(F)F)n(-c3cc(C)nc(N)n3)n2)cc1. The minimum atomic E-state index is -4.61. The van der Waals surface area contributed by atoms with E-state index in [1.165, 1.54) is 6.07 Å². The molecule has 0 aliphatic carbocycles. The fourth-order valence-corrected chi connectivity index (χ4v) is 2.47. The first-order valence-corrected chi connectivity index (χ1v) is 7.80. The van der Waals surface area contributed by atoms with Crippen molar-refractivity contribution in [3.05, 3.63) is 47.8 Å². The number of ether oxygens (including phenoxy) is 1. The van der Waals surface area contributed by atoms with Gasteiger partial charge in [-0.3, -0.25) is 0 Å². The largest absolute Gasteiger partial charge is 0.494 e. The lowest BCUT2D eigenvalue weighted by Crippen LogP contribution is -2.15. The lowest BCUT2D eigenvalue weighted by Gasteiger charge is -2.10. The first-order chi connectivity index (χ1) is 12.3. The first kappa shape index (κ1) is 17.7. The number of nitrogen functional groups attached to an aromatic ring is 1. The molecule has 0 aliphatic heterocycles. The summed E-state index contributed by atoms with van der Waals surface area (Å²) >= 11 is 0. The number of aromatic nitrogens is 4. The second-order valence-electron chi connectivity index (χ2n) is 5.51. The molecule has 136 valence electrons. The molecule has 2 N–H and O–H groups in total. The molecular formula is C17H16F3N5O. The maximum atomic E-state index is 13.5. The lowest BCUT2D eigenvalue weighted by atomic mass is 10.1. The van der Waals surface area contributed by atoms with Crippen molar-refractivity contribution in [2.45, 2.75) is 20.0 Å². The van der Waals surface area contributed by atoms with Crippen molar-refractivity contribution < 1.29 is 17.9 Å². The molecule has 9 heteroatoms. The maximum Gasteiger partial charge on any atom is 0.433 e. The third kappa shape index (κ3) is 3.61. The zero-order chi connectivity index (χ0) is 18.9. The molecule has 2 aromatic heterocycles. The van der Waals surface area contributed by atoms with Gasteiger partial charge in [0.1, 0.15) is 5.75 Å². The number of nitrogens with zero attached hydrogens (tertiary/aromatic N) is 4. The van der Waals surface area contributed by atoms with Gasteiger partial charge in [0.25, 0.3) is 0 Å². The predicted molar refractivity (Wildman–Crippen MR) is 89.9 cm³/mol. The highest BCUT2D eigenvalue weighted by molar-refractivity contribution is 5.61. The average Bonchev–Trinajstić information content (AvgIpc) is 3.01. The Kier molecular flexibility index (Phi) is 4.54. The highest BCUT2D eigenvalue weighted by Crippen LogP contribution is 2.34. The number of anilines is 1. The topological polar surface area (TPSA) is 78.9 Å². The van der Waals surface area contributed by atoms with Crippen molar-refractivity contribution in [2.24, 2.45) is 0 Å². The quantitative estimate of drug-likeness (QED) is 0.766. The van der Waals surface area contributed by atoms with Gasteiger partial charge in [0, 0.05) is 17.3 Å². The normalized spacial score (nSPS) is 11.6. The van der Waals surface area contributed by atoms with E-state index in [9.17, 15) is 13.2 Å². The summed E-state index contributed by atoms with van der Waals surface area (Å²) in [6.45, 7) is 3.97. The smallest absolute Gasteiger partial charge is 0.433 e. The number of alkyl halides is 3. The molecule has 0 saturated carbocycles. The molecule has 0 unspecified atom stereocenters. The standard InChI is InChI=1S/C17H16F3N5O/c1-3-26-12-6-4-11(5-7-12)13-9-14(17(18,19)20)25(24-13)15-8-10(2)22-16(21)23-15/h4-9H,3H2,1-2H3,(H2,21,22,23). The van der Waals surface area contributed by atoms with E-state index in [1.807, 2.05) is 6.92 Å². The predicted octanol–water partition coefficient (Wildman–Crippen LogP) is 3.64. The molecule has 1 aromatic carbocycles. The molecule has 2 heterocycles. The fraction of sp³-hybridized carbons (Fsp3) is 0.235. The molecule has 0 aliphatic rings. The molecule has 3 aromatic rings. The van der Waals surface area contributed by atoms with Crippen molar-refractivity contribution in [3.63, 3.8) is 0 Å². The molecule has 0 amide bonds. The van der Waals surface area contributed by atoms with Crippen LogP contribution in [0.2, 0.25) is 0 Å². The Balaban J connectivity index is 2.10. The zero-order valence-corrected chi connectivity index (χ0v) is 14.1. The van der Waals surface area contributed by atoms with Crippen LogP contribution in [0.5, 0.6) is 5.75 Å². The fourth-order valence-electron chi connectivity index (χ4n) is 2.47. The summed E-state index contributed by atoms with van der Waals surface area (Å²) in [5.74, 6) is 0.469. The Morgan fingerprint density at radius 1 is 1.12 bits per heavy atom. The first-order valence-electron chi connectivity index (χ1n) is 7.80. The summed E-state index contributed by atoms with van der Waals surface area (Å²) in [5, 5.41) is 4.09. The molecule has 0 bridgehead atoms. The van der Waals surface area contributed by atoms with Gasteiger partial charge in [-0.1, -0.05) is 0 Å². The maximum absolute atomic E-state index is 13.5. The second-order valence-corrected chi connectivity index (χ2v) is 5.51. The van der Waals surface area contributed by atoms with Crippen LogP contribution in [0.25, 0.3) is 17.1 Å². The van der Waals surface area contributed by atoms with E-state index in [-0.39, 0.29) is 17.5 Å². The minimum absolute atomic E-state index is 0.0421. The van der Waals surface area contributed by atoms with Gasteiger partial charge in [-0.2, -0.15) is 23.3 Å². The minimum Gasteiger partial charge on any atom is -0.494 e. The molecule has 0 saturated heterocycles. The van der Waals surface area contributed by atoms with Gasteiger partial charge in [-0.05, 0) is 44.2 Å². The molecule has 0 atom stereocenters. The van der Waals surface area contributed by atoms with E-state index in [0.717, 1.165) is 10.7 Å². The van der Waals surface area contributed by atoms with Crippen molar-refractivity contribution in [3.8, 4) is 22.8 Å². The number of nitrogens with two attached hydrogens (primary N) is 1.